The Morgan fingerprint density at radius 3 is 2.67 bits per heavy atom. The molecule has 46 heavy (non-hydrogen) atoms. The number of aromatic nitrogens is 4. The number of carbonyl (C=O) groups excluding carboxylic acids is 1. The molecule has 0 saturated carbocycles. The van der Waals surface area contributed by atoms with Gasteiger partial charge in [-0.1, -0.05) is 64.1 Å². The Morgan fingerprint density at radius 2 is 1.96 bits per heavy atom. The highest BCUT2D eigenvalue weighted by Gasteiger charge is 2.49. The number of imidazole rings is 1. The quantitative estimate of drug-likeness (QED) is 0.152. The first-order valence-corrected chi connectivity index (χ1v) is 16.5. The Morgan fingerprint density at radius 1 is 1.24 bits per heavy atom. The number of nitrogens with two attached hydrogens (primary N) is 1. The van der Waals surface area contributed by atoms with Crippen molar-refractivity contribution in [3.63, 3.8) is 0 Å². The third-order valence-electron chi connectivity index (χ3n) is 7.33. The Balaban J connectivity index is 1.39. The van der Waals surface area contributed by atoms with E-state index >= 15 is 4.39 Å². The zero-order valence-corrected chi connectivity index (χ0v) is 28.0. The van der Waals surface area contributed by atoms with Crippen molar-refractivity contribution >= 4 is 47.4 Å². The van der Waals surface area contributed by atoms with E-state index in [1.54, 1.807) is 41.8 Å². The summed E-state index contributed by atoms with van der Waals surface area (Å²) in [5, 5.41) is 4.13. The second-order valence-electron chi connectivity index (χ2n) is 13.1. The number of hydrogen-bond donors (Lipinski definition) is 2. The highest BCUT2D eigenvalue weighted by Crippen LogP contribution is 2.50. The molecule has 5 atom stereocenters. The monoisotopic (exact) mass is 657 g/mol. The van der Waals surface area contributed by atoms with E-state index in [1.165, 1.54) is 13.3 Å². The summed E-state index contributed by atoms with van der Waals surface area (Å²) in [4.78, 5) is 27.6. The summed E-state index contributed by atoms with van der Waals surface area (Å²) in [5.74, 6) is -2.64. The standard InChI is InChI=1S/C31H41FN7O6P/c1-19-15-31(32,44-27(19)39-18-34-24-25(38(6)7)35-29(33)36-26(24)39)17-43-46(41,37-20(2)28(40)42-16-30(3,4)5)45-23-14-10-12-21-11-8-9-13-22(21)23/h8-14,18-20,27H,15-17H2,1-7H3,(H,37,41)(H2,33,35,36)/t19-,20+,27+,31-,46-/m0/s1. The number of benzene rings is 2. The number of fused-ring (bicyclic) bond motifs is 2. The van der Waals surface area contributed by atoms with Gasteiger partial charge in [0.05, 0.1) is 12.9 Å². The highest BCUT2D eigenvalue weighted by molar-refractivity contribution is 7.52. The molecule has 0 bridgehead atoms. The van der Waals surface area contributed by atoms with Crippen LogP contribution in [0.3, 0.4) is 0 Å². The molecule has 1 saturated heterocycles. The molecule has 0 unspecified atom stereocenters. The number of rotatable bonds is 11. The van der Waals surface area contributed by atoms with Crippen LogP contribution in [0.15, 0.2) is 48.8 Å². The first kappa shape index (κ1) is 33.5. The predicted octanol–water partition coefficient (Wildman–Crippen LogP) is 5.62. The molecule has 3 heterocycles. The molecule has 2 aromatic carbocycles. The van der Waals surface area contributed by atoms with Crippen molar-refractivity contribution < 1.29 is 32.3 Å². The smallest absolute Gasteiger partial charge is 0.459 e. The number of esters is 1. The lowest BCUT2D eigenvalue weighted by molar-refractivity contribution is -0.173. The molecule has 1 aliphatic rings. The van der Waals surface area contributed by atoms with Crippen LogP contribution in [0.25, 0.3) is 21.9 Å². The Labute approximate surface area is 267 Å². The van der Waals surface area contributed by atoms with Gasteiger partial charge in [0.1, 0.15) is 24.6 Å². The van der Waals surface area contributed by atoms with Gasteiger partial charge in [-0.2, -0.15) is 15.1 Å². The molecule has 13 nitrogen and oxygen atoms in total. The maximum atomic E-state index is 16.4. The van der Waals surface area contributed by atoms with Gasteiger partial charge in [-0.25, -0.2) is 13.9 Å². The minimum absolute atomic E-state index is 0.0335. The normalized spacial score (nSPS) is 22.1. The van der Waals surface area contributed by atoms with Crippen molar-refractivity contribution in [1.29, 1.82) is 0 Å². The molecule has 0 aliphatic carbocycles. The first-order valence-electron chi connectivity index (χ1n) is 15.0. The molecule has 0 amide bonds. The number of nitrogen functional groups attached to an aromatic ring is 1. The molecular weight excluding hydrogens is 616 g/mol. The molecule has 5 rings (SSSR count). The number of halogens is 1. The van der Waals surface area contributed by atoms with Gasteiger partial charge in [-0.15, -0.1) is 0 Å². The van der Waals surface area contributed by atoms with Crippen molar-refractivity contribution in [3.8, 4) is 5.75 Å². The number of ether oxygens (including phenoxy) is 2. The van der Waals surface area contributed by atoms with Crippen molar-refractivity contribution in [2.24, 2.45) is 11.3 Å². The van der Waals surface area contributed by atoms with Gasteiger partial charge in [0.2, 0.25) is 11.8 Å². The average molecular weight is 658 g/mol. The van der Waals surface area contributed by atoms with Crippen LogP contribution in [0.1, 0.15) is 47.3 Å². The van der Waals surface area contributed by atoms with Crippen molar-refractivity contribution in [2.75, 3.05) is 37.9 Å². The van der Waals surface area contributed by atoms with Gasteiger partial charge < -0.3 is 24.6 Å². The second-order valence-corrected chi connectivity index (χ2v) is 14.7. The zero-order valence-electron chi connectivity index (χ0n) is 27.1. The van der Waals surface area contributed by atoms with E-state index < -0.39 is 38.4 Å². The van der Waals surface area contributed by atoms with Crippen LogP contribution in [-0.2, 0) is 23.4 Å². The lowest BCUT2D eigenvalue weighted by Crippen LogP contribution is -2.38. The van der Waals surface area contributed by atoms with E-state index in [-0.39, 0.29) is 36.1 Å². The van der Waals surface area contributed by atoms with Gasteiger partial charge in [0.15, 0.2) is 17.0 Å². The highest BCUT2D eigenvalue weighted by atomic mass is 31.2. The lowest BCUT2D eigenvalue weighted by atomic mass is 9.99. The Hall–Kier alpha value is -3.84. The van der Waals surface area contributed by atoms with Crippen LogP contribution < -0.4 is 20.2 Å². The summed E-state index contributed by atoms with van der Waals surface area (Å²) in [6.45, 7) is 8.42. The van der Waals surface area contributed by atoms with E-state index in [1.807, 2.05) is 52.0 Å². The minimum Gasteiger partial charge on any atom is -0.464 e. The molecule has 3 N–H and O–H groups in total. The summed E-state index contributed by atoms with van der Waals surface area (Å²) in [6, 6.07) is 11.5. The zero-order chi connectivity index (χ0) is 33.4. The number of hydrogen-bond acceptors (Lipinski definition) is 11. The third-order valence-corrected chi connectivity index (χ3v) is 8.94. The third kappa shape index (κ3) is 7.41. The largest absolute Gasteiger partial charge is 0.464 e. The van der Waals surface area contributed by atoms with Gasteiger partial charge in [0, 0.05) is 31.8 Å². The van der Waals surface area contributed by atoms with Gasteiger partial charge in [-0.05, 0) is 23.8 Å². The maximum absolute atomic E-state index is 16.4. The van der Waals surface area contributed by atoms with E-state index in [0.717, 1.165) is 5.39 Å². The fourth-order valence-corrected chi connectivity index (χ4v) is 6.72. The van der Waals surface area contributed by atoms with Crippen LogP contribution in [0, 0.1) is 11.3 Å². The van der Waals surface area contributed by atoms with E-state index in [0.29, 0.717) is 22.4 Å². The molecule has 0 radical (unpaired) electrons. The summed E-state index contributed by atoms with van der Waals surface area (Å²) in [6.07, 6.45) is 0.566. The number of nitrogens with zero attached hydrogens (tertiary/aromatic N) is 5. The van der Waals surface area contributed by atoms with Crippen LogP contribution in [0.5, 0.6) is 5.75 Å². The molecule has 1 fully saturated rings. The summed E-state index contributed by atoms with van der Waals surface area (Å²) in [7, 11) is -0.806. The average Bonchev–Trinajstić information content (AvgIpc) is 3.53. The minimum atomic E-state index is -4.41. The summed E-state index contributed by atoms with van der Waals surface area (Å²) < 4.78 is 55.4. The molecule has 4 aromatic rings. The number of nitrogens with one attached hydrogen (secondary N) is 1. The van der Waals surface area contributed by atoms with Crippen molar-refractivity contribution in [2.45, 2.75) is 59.2 Å². The summed E-state index contributed by atoms with van der Waals surface area (Å²) >= 11 is 0. The van der Waals surface area contributed by atoms with Crippen LogP contribution in [0.4, 0.5) is 16.2 Å². The number of anilines is 2. The topological polar surface area (TPSA) is 156 Å². The number of alkyl halides is 1. The molecule has 248 valence electrons. The van der Waals surface area contributed by atoms with Crippen molar-refractivity contribution in [1.82, 2.24) is 24.6 Å². The van der Waals surface area contributed by atoms with Crippen LogP contribution in [0.2, 0.25) is 0 Å². The molecule has 0 spiro atoms. The molecule has 2 aromatic heterocycles. The summed E-state index contributed by atoms with van der Waals surface area (Å²) in [5.41, 5.74) is 6.54. The Bertz CT molecular complexity index is 1770. The van der Waals surface area contributed by atoms with Gasteiger partial charge >= 0.3 is 13.7 Å². The number of carbonyl (C=O) groups is 1. The van der Waals surface area contributed by atoms with E-state index in [2.05, 4.69) is 20.0 Å². The molecule has 1 aliphatic heterocycles. The molecule has 15 heteroatoms. The van der Waals surface area contributed by atoms with Gasteiger partial charge in [0.25, 0.3) is 0 Å². The first-order chi connectivity index (χ1) is 21.6. The van der Waals surface area contributed by atoms with Gasteiger partial charge in [-0.3, -0.25) is 13.9 Å². The van der Waals surface area contributed by atoms with Crippen molar-refractivity contribution in [3.05, 3.63) is 48.8 Å². The predicted molar refractivity (Wildman–Crippen MR) is 173 cm³/mol. The Kier molecular flexibility index (Phi) is 9.29. The van der Waals surface area contributed by atoms with E-state index in [4.69, 9.17) is 24.3 Å². The lowest BCUT2D eigenvalue weighted by Gasteiger charge is -2.27. The fraction of sp³-hybridized carbons (Fsp3) is 0.484. The second kappa shape index (κ2) is 12.7. The fourth-order valence-electron chi connectivity index (χ4n) is 5.18. The molecular formula is C31H41FN7O6P. The van der Waals surface area contributed by atoms with Crippen LogP contribution >= 0.6 is 7.75 Å². The SMILES string of the molecule is C[C@@H](N[P@](=O)(OC[C@]1(F)C[C@H](C)[C@H](n2cnc3c(N(C)C)nc(N)nc32)O1)Oc1cccc2ccccc12)C(=O)OCC(C)(C)C. The van der Waals surface area contributed by atoms with Crippen LogP contribution in [-0.4, -0.2) is 64.7 Å². The maximum Gasteiger partial charge on any atom is 0.459 e. The van der Waals surface area contributed by atoms with E-state index in [9.17, 15) is 9.36 Å².